The van der Waals surface area contributed by atoms with Crippen molar-refractivity contribution in [2.45, 2.75) is 178 Å². The molecule has 0 heterocycles. The molecule has 56 heavy (non-hydrogen) atoms. The largest absolute Gasteiger partial charge is 4.00 e. The van der Waals surface area contributed by atoms with Gasteiger partial charge < -0.3 is 44.6 Å². The third-order valence-electron chi connectivity index (χ3n) is 13.5. The van der Waals surface area contributed by atoms with Gasteiger partial charge in [-0.3, -0.25) is 0 Å². The maximum absolute atomic E-state index is 4.93. The van der Waals surface area contributed by atoms with Crippen LogP contribution >= 0.6 is 17.0 Å². The minimum atomic E-state index is -0.826. The number of hydrogen-bond acceptors (Lipinski definition) is 0. The van der Waals surface area contributed by atoms with Gasteiger partial charge >= 0.3 is 64.1 Å². The average molecular weight is 1000 g/mol. The van der Waals surface area contributed by atoms with Gasteiger partial charge in [-0.15, -0.1) is 0 Å². The van der Waals surface area contributed by atoms with Crippen LogP contribution in [0, 0.1) is 68.2 Å². The Morgan fingerprint density at radius 3 is 0.839 bits per heavy atom. The predicted molar refractivity (Wildman–Crippen MR) is 261 cm³/mol. The summed E-state index contributed by atoms with van der Waals surface area (Å²) in [6.07, 6.45) is 30.0. The van der Waals surface area contributed by atoms with E-state index in [9.17, 15) is 0 Å². The minimum absolute atomic E-state index is 0. The monoisotopic (exact) mass is 996 g/mol. The molecule has 4 aliphatic rings. The molecule has 4 fully saturated rings. The van der Waals surface area contributed by atoms with E-state index in [1.807, 2.05) is 0 Å². The predicted octanol–water partition coefficient (Wildman–Crippen LogP) is 16.2. The third kappa shape index (κ3) is 20.4. The summed E-state index contributed by atoms with van der Waals surface area (Å²) in [5.41, 5.74) is 4.39. The van der Waals surface area contributed by atoms with Crippen molar-refractivity contribution in [1.82, 2.24) is 0 Å². The van der Waals surface area contributed by atoms with E-state index in [1.54, 1.807) is 61.7 Å². The Kier molecular flexibility index (Phi) is 42.0. The fraction of sp³-hybridized carbons (Fsp3) is 0.640. The molecule has 2 aromatic rings. The van der Waals surface area contributed by atoms with Crippen LogP contribution in [0.15, 0.2) is 60.7 Å². The van der Waals surface area contributed by atoms with E-state index in [2.05, 4.69) is 88.4 Å². The van der Waals surface area contributed by atoms with E-state index in [4.69, 9.17) is 17.0 Å². The van der Waals surface area contributed by atoms with Crippen LogP contribution in [0.4, 0.5) is 0 Å². The van der Waals surface area contributed by atoms with Gasteiger partial charge in [0.1, 0.15) is 0 Å². The molecule has 0 saturated heterocycles. The quantitative estimate of drug-likeness (QED) is 0.131. The molecule has 0 spiro atoms. The second-order valence-corrected chi connectivity index (χ2v) is 27.8. The Balaban J connectivity index is -0.000000404. The second kappa shape index (κ2) is 36.8. The SMILES string of the molecule is CCCC1CCC([SiH](c2ccccc2)C2CCC(CCC)C2)C1.CCCC1CCC([SiH](c2ccccc2)C2CCC(CCC)C2)C1.[CH3-].[CH3-].[CH3-].[CH3-].[CH3-].[CH3-].[Cl][Zr+2][Cl].[Zr+4]. The van der Waals surface area contributed by atoms with Crippen LogP contribution in [-0.2, 0) is 47.1 Å². The van der Waals surface area contributed by atoms with E-state index >= 15 is 0 Å². The molecule has 4 aliphatic carbocycles. The van der Waals surface area contributed by atoms with E-state index in [0.717, 1.165) is 45.8 Å². The van der Waals surface area contributed by atoms with Crippen LogP contribution in [0.1, 0.15) is 156 Å². The average Bonchev–Trinajstić information content (AvgIpc) is 3.95. The molecule has 8 unspecified atom stereocenters. The Bertz CT molecular complexity index is 989. The number of halogens is 2. The number of hydrogen-bond donors (Lipinski definition) is 0. The number of rotatable bonds is 14. The van der Waals surface area contributed by atoms with Crippen molar-refractivity contribution >= 4 is 45.0 Å². The first-order valence-electron chi connectivity index (χ1n) is 21.1. The number of benzene rings is 2. The van der Waals surface area contributed by atoms with E-state index < -0.39 is 38.4 Å². The van der Waals surface area contributed by atoms with Crippen LogP contribution in [0.2, 0.25) is 22.2 Å². The first-order valence-corrected chi connectivity index (χ1v) is 31.3. The molecule has 0 aliphatic heterocycles. The van der Waals surface area contributed by atoms with Gasteiger partial charge in [-0.05, 0) is 71.5 Å². The molecule has 6 heteroatoms. The molecule has 0 aromatic heterocycles. The van der Waals surface area contributed by atoms with E-state index in [0.29, 0.717) is 0 Å². The van der Waals surface area contributed by atoms with Crippen molar-refractivity contribution in [1.29, 1.82) is 0 Å². The second-order valence-electron chi connectivity index (χ2n) is 16.9. The maximum atomic E-state index is 4.93. The Morgan fingerprint density at radius 2 is 0.643 bits per heavy atom. The molecule has 0 N–H and O–H groups in total. The molecular weight excluding hydrogens is 910 g/mol. The van der Waals surface area contributed by atoms with E-state index in [-0.39, 0.29) is 70.8 Å². The summed E-state index contributed by atoms with van der Waals surface area (Å²) in [6, 6.07) is 23.5. The maximum Gasteiger partial charge on any atom is 4.00 e. The van der Waals surface area contributed by atoms with Gasteiger partial charge in [-0.2, -0.15) is 0 Å². The van der Waals surface area contributed by atoms with Crippen LogP contribution in [0.25, 0.3) is 0 Å². The Morgan fingerprint density at radius 1 is 0.429 bits per heavy atom. The molecule has 6 rings (SSSR count). The van der Waals surface area contributed by atoms with Crippen molar-refractivity contribution in [2.24, 2.45) is 23.7 Å². The topological polar surface area (TPSA) is 0 Å². The zero-order chi connectivity index (χ0) is 34.8. The van der Waals surface area contributed by atoms with Gasteiger partial charge in [0.25, 0.3) is 0 Å². The molecule has 0 amide bonds. The smallest absolute Gasteiger partial charge is 4.00 e. The summed E-state index contributed by atoms with van der Waals surface area (Å²) in [6.45, 7) is 9.47. The zero-order valence-corrected chi connectivity index (χ0v) is 47.2. The third-order valence-corrected chi connectivity index (χ3v) is 22.3. The summed E-state index contributed by atoms with van der Waals surface area (Å²) in [5, 5.41) is 3.58. The molecule has 2 aromatic carbocycles. The first-order chi connectivity index (χ1) is 24.0. The first kappa shape index (κ1) is 63.9. The Hall–Kier alpha value is 1.22. The summed E-state index contributed by atoms with van der Waals surface area (Å²) in [4.78, 5) is 0. The summed E-state index contributed by atoms with van der Waals surface area (Å²) in [7, 11) is 8.22. The van der Waals surface area contributed by atoms with Crippen molar-refractivity contribution in [2.75, 3.05) is 0 Å². The summed E-state index contributed by atoms with van der Waals surface area (Å²) in [5.74, 6) is 4.21. The van der Waals surface area contributed by atoms with Crippen molar-refractivity contribution in [3.05, 3.63) is 105 Å². The molecule has 320 valence electrons. The van der Waals surface area contributed by atoms with Gasteiger partial charge in [0.15, 0.2) is 0 Å². The zero-order valence-electron chi connectivity index (χ0n) is 38.4. The molecule has 4 saturated carbocycles. The van der Waals surface area contributed by atoms with Gasteiger partial charge in [0, 0.05) is 0 Å². The van der Waals surface area contributed by atoms with Gasteiger partial charge in [-0.1, -0.05) is 201 Å². The van der Waals surface area contributed by atoms with Gasteiger partial charge in [-0.25, -0.2) is 0 Å². The molecule has 0 radical (unpaired) electrons. The fourth-order valence-corrected chi connectivity index (χ4v) is 21.6. The van der Waals surface area contributed by atoms with Gasteiger partial charge in [0.2, 0.25) is 0 Å². The molecular formula is C50H90Cl2Si2Zr2. The fourth-order valence-electron chi connectivity index (χ4n) is 11.6. The molecule has 0 bridgehead atoms. The van der Waals surface area contributed by atoms with Crippen molar-refractivity contribution < 1.29 is 47.1 Å². The molecule has 8 atom stereocenters. The van der Waals surface area contributed by atoms with Crippen molar-refractivity contribution in [3.8, 4) is 0 Å². The van der Waals surface area contributed by atoms with Crippen LogP contribution in [0.3, 0.4) is 0 Å². The summed E-state index contributed by atoms with van der Waals surface area (Å²) >= 11 is -0.826. The van der Waals surface area contributed by atoms with E-state index in [1.165, 1.54) is 77.0 Å². The minimum Gasteiger partial charge on any atom is 4.00 e. The summed E-state index contributed by atoms with van der Waals surface area (Å²) < 4.78 is 0. The Labute approximate surface area is 395 Å². The van der Waals surface area contributed by atoms with Crippen LogP contribution in [-0.4, -0.2) is 17.6 Å². The van der Waals surface area contributed by atoms with Crippen molar-refractivity contribution in [3.63, 3.8) is 0 Å². The molecule has 0 nitrogen and oxygen atoms in total. The van der Waals surface area contributed by atoms with Crippen LogP contribution < -0.4 is 10.4 Å². The standard InChI is InChI=1S/2C22H36Si.6CH3.2ClH.2Zr/c2*1-3-8-18-12-14-21(16-18)23(20-10-6-5-7-11-20)22-15-13-19(17-22)9-4-2;;;;;;;;;;/h2*5-7,10-11,18-19,21-23H,3-4,8-9,12-17H2,1-2H3;6*1H3;2*1H;;/q;;6*-1;;;2*+4/p-2. The van der Waals surface area contributed by atoms with Crippen LogP contribution in [0.5, 0.6) is 0 Å². The van der Waals surface area contributed by atoms with Gasteiger partial charge in [0.05, 0.1) is 17.6 Å². The normalized spacial score (nSPS) is 26.7.